The fourth-order valence-electron chi connectivity index (χ4n) is 3.57. The molecule has 3 aromatic rings. The van der Waals surface area contributed by atoms with Crippen LogP contribution in [0.2, 0.25) is 0 Å². The van der Waals surface area contributed by atoms with Crippen LogP contribution in [-0.4, -0.2) is 21.3 Å². The van der Waals surface area contributed by atoms with Gasteiger partial charge in [0.2, 0.25) is 0 Å². The maximum atomic E-state index is 10.5. The van der Waals surface area contributed by atoms with Crippen molar-refractivity contribution in [3.05, 3.63) is 59.4 Å². The Labute approximate surface area is 168 Å². The van der Waals surface area contributed by atoms with E-state index >= 15 is 0 Å². The molecular weight excluding hydrogens is 348 g/mol. The molecule has 1 heterocycles. The van der Waals surface area contributed by atoms with Gasteiger partial charge in [-0.25, -0.2) is 4.98 Å². The minimum atomic E-state index is -0.969. The van der Waals surface area contributed by atoms with Crippen LogP contribution >= 0.6 is 0 Å². The molecule has 0 fully saturated rings. The summed E-state index contributed by atoms with van der Waals surface area (Å²) in [6.45, 7) is 11.6. The first-order valence-corrected chi connectivity index (χ1v) is 10.2. The average Bonchev–Trinajstić information content (AvgIpc) is 3.00. The number of rotatable bonds is 8. The molecule has 2 aromatic carbocycles. The molecule has 0 aliphatic heterocycles. The predicted molar refractivity (Wildman–Crippen MR) is 115 cm³/mol. The number of aromatic nitrogens is 2. The number of aryl methyl sites for hydroxylation is 2. The van der Waals surface area contributed by atoms with Crippen LogP contribution in [0.1, 0.15) is 63.4 Å². The molecule has 0 unspecified atom stereocenters. The van der Waals surface area contributed by atoms with Crippen molar-refractivity contribution in [2.45, 2.75) is 65.5 Å². The van der Waals surface area contributed by atoms with Crippen molar-refractivity contribution in [2.75, 3.05) is 6.61 Å². The average molecular weight is 381 g/mol. The Bertz CT molecular complexity index is 935. The number of nitrogens with zero attached hydrogens (tertiary/aromatic N) is 2. The first-order chi connectivity index (χ1) is 13.3. The van der Waals surface area contributed by atoms with E-state index in [-0.39, 0.29) is 0 Å². The highest BCUT2D eigenvalue weighted by molar-refractivity contribution is 5.76. The van der Waals surface area contributed by atoms with Crippen LogP contribution in [0.25, 0.3) is 11.0 Å². The maximum absolute atomic E-state index is 10.5. The summed E-state index contributed by atoms with van der Waals surface area (Å²) in [6, 6.07) is 14.5. The monoisotopic (exact) mass is 380 g/mol. The van der Waals surface area contributed by atoms with Crippen LogP contribution in [-0.2, 0) is 12.1 Å². The van der Waals surface area contributed by atoms with Crippen LogP contribution in [0.15, 0.2) is 42.5 Å². The van der Waals surface area contributed by atoms with Gasteiger partial charge in [-0.2, -0.15) is 0 Å². The van der Waals surface area contributed by atoms with Gasteiger partial charge in [0.25, 0.3) is 0 Å². The van der Waals surface area contributed by atoms with Crippen molar-refractivity contribution in [2.24, 2.45) is 0 Å². The fraction of sp³-hybridized carbons (Fsp3) is 0.458. The van der Waals surface area contributed by atoms with E-state index < -0.39 is 5.60 Å². The van der Waals surface area contributed by atoms with Crippen LogP contribution < -0.4 is 4.74 Å². The number of benzene rings is 2. The maximum Gasteiger partial charge on any atom is 0.141 e. The van der Waals surface area contributed by atoms with Crippen LogP contribution in [0, 0.1) is 6.92 Å². The summed E-state index contributed by atoms with van der Waals surface area (Å²) in [5.74, 6) is 2.16. The van der Waals surface area contributed by atoms with E-state index in [4.69, 9.17) is 4.74 Å². The molecule has 0 aliphatic rings. The van der Waals surface area contributed by atoms with Gasteiger partial charge in [0.15, 0.2) is 0 Å². The molecule has 0 bridgehead atoms. The van der Waals surface area contributed by atoms with Crippen molar-refractivity contribution in [1.82, 2.24) is 9.55 Å². The summed E-state index contributed by atoms with van der Waals surface area (Å²) in [5.41, 5.74) is 3.51. The summed E-state index contributed by atoms with van der Waals surface area (Å²) in [7, 11) is 0. The summed E-state index contributed by atoms with van der Waals surface area (Å²) >= 11 is 0. The molecule has 4 nitrogen and oxygen atoms in total. The van der Waals surface area contributed by atoms with Gasteiger partial charge in [-0.1, -0.05) is 38.1 Å². The summed E-state index contributed by atoms with van der Waals surface area (Å²) in [6.07, 6.45) is 1.91. The van der Waals surface area contributed by atoms with Gasteiger partial charge in [0.05, 0.1) is 17.6 Å². The first kappa shape index (κ1) is 20.4. The van der Waals surface area contributed by atoms with E-state index in [0.717, 1.165) is 42.0 Å². The third kappa shape index (κ3) is 4.56. The molecule has 1 N–H and O–H groups in total. The van der Waals surface area contributed by atoms with E-state index in [2.05, 4.69) is 54.6 Å². The Hall–Kier alpha value is -2.33. The lowest BCUT2D eigenvalue weighted by atomic mass is 10.0. The van der Waals surface area contributed by atoms with E-state index in [1.807, 2.05) is 18.2 Å². The third-order valence-electron chi connectivity index (χ3n) is 5.03. The van der Waals surface area contributed by atoms with E-state index in [9.17, 15) is 5.11 Å². The zero-order valence-electron chi connectivity index (χ0n) is 17.7. The normalized spacial score (nSPS) is 12.1. The number of para-hydroxylation sites is 2. The van der Waals surface area contributed by atoms with Crippen LogP contribution in [0.5, 0.6) is 5.75 Å². The van der Waals surface area contributed by atoms with Crippen molar-refractivity contribution in [3.8, 4) is 5.75 Å². The first-order valence-electron chi connectivity index (χ1n) is 10.2. The molecule has 0 atom stereocenters. The zero-order valence-corrected chi connectivity index (χ0v) is 17.7. The molecule has 150 valence electrons. The molecule has 1 aromatic heterocycles. The molecule has 3 rings (SSSR count). The number of hydrogen-bond donors (Lipinski definition) is 1. The number of aliphatic hydroxyl groups is 1. The molecule has 0 amide bonds. The van der Waals surface area contributed by atoms with E-state index in [1.165, 1.54) is 11.1 Å². The van der Waals surface area contributed by atoms with Gasteiger partial charge in [0, 0.05) is 6.54 Å². The van der Waals surface area contributed by atoms with Gasteiger partial charge < -0.3 is 14.4 Å². The van der Waals surface area contributed by atoms with E-state index in [1.54, 1.807) is 13.8 Å². The van der Waals surface area contributed by atoms with Gasteiger partial charge in [-0.3, -0.25) is 0 Å². The van der Waals surface area contributed by atoms with Crippen molar-refractivity contribution in [3.63, 3.8) is 0 Å². The minimum Gasteiger partial charge on any atom is -0.493 e. The minimum absolute atomic E-state index is 0.447. The Morgan fingerprint density at radius 2 is 1.86 bits per heavy atom. The summed E-state index contributed by atoms with van der Waals surface area (Å²) in [4.78, 5) is 4.65. The molecule has 0 saturated carbocycles. The Morgan fingerprint density at radius 3 is 2.57 bits per heavy atom. The highest BCUT2D eigenvalue weighted by Crippen LogP contribution is 2.28. The number of imidazole rings is 1. The molecule has 28 heavy (non-hydrogen) atoms. The number of fused-ring (bicyclic) bond motifs is 1. The second-order valence-electron chi connectivity index (χ2n) is 8.39. The van der Waals surface area contributed by atoms with Crippen LogP contribution in [0.3, 0.4) is 0 Å². The zero-order chi connectivity index (χ0) is 20.3. The Balaban J connectivity index is 1.65. The number of hydrogen-bond acceptors (Lipinski definition) is 3. The third-order valence-corrected chi connectivity index (χ3v) is 5.03. The van der Waals surface area contributed by atoms with Gasteiger partial charge in [-0.05, 0) is 68.9 Å². The number of unbranched alkanes of at least 4 members (excludes halogenated alkanes) is 1. The molecule has 0 radical (unpaired) electrons. The molecule has 0 saturated heterocycles. The quantitative estimate of drug-likeness (QED) is 0.521. The molecule has 4 heteroatoms. The lowest BCUT2D eigenvalue weighted by molar-refractivity contribution is 0.0650. The molecular formula is C24H32N2O2. The van der Waals surface area contributed by atoms with E-state index in [0.29, 0.717) is 12.5 Å². The van der Waals surface area contributed by atoms with Crippen molar-refractivity contribution >= 4 is 11.0 Å². The Morgan fingerprint density at radius 1 is 1.11 bits per heavy atom. The van der Waals surface area contributed by atoms with Gasteiger partial charge >= 0.3 is 0 Å². The largest absolute Gasteiger partial charge is 0.493 e. The standard InChI is InChI=1S/C24H32N2O2/c1-17(2)19-13-12-18(3)16-22(19)28-15-9-8-14-26-21-11-7-6-10-20(21)25-23(26)24(4,5)27/h6-7,10-13,16-17,27H,8-9,14-15H2,1-5H3. The predicted octanol–water partition coefficient (Wildman–Crippen LogP) is 5.55. The fourth-order valence-corrected chi connectivity index (χ4v) is 3.57. The SMILES string of the molecule is Cc1ccc(C(C)C)c(OCCCCn2c(C(C)(C)O)nc3ccccc32)c1. The van der Waals surface area contributed by atoms with Crippen molar-refractivity contribution in [1.29, 1.82) is 0 Å². The highest BCUT2D eigenvalue weighted by atomic mass is 16.5. The lowest BCUT2D eigenvalue weighted by Crippen LogP contribution is -2.22. The van der Waals surface area contributed by atoms with Crippen LogP contribution in [0.4, 0.5) is 0 Å². The smallest absolute Gasteiger partial charge is 0.141 e. The highest BCUT2D eigenvalue weighted by Gasteiger charge is 2.24. The summed E-state index contributed by atoms with van der Waals surface area (Å²) in [5, 5.41) is 10.5. The number of ether oxygens (including phenoxy) is 1. The summed E-state index contributed by atoms with van der Waals surface area (Å²) < 4.78 is 8.25. The molecule has 0 aliphatic carbocycles. The van der Waals surface area contributed by atoms with Crippen molar-refractivity contribution < 1.29 is 9.84 Å². The topological polar surface area (TPSA) is 47.3 Å². The second kappa shape index (κ2) is 8.36. The van der Waals surface area contributed by atoms with Gasteiger partial charge in [0.1, 0.15) is 17.2 Å². The van der Waals surface area contributed by atoms with Gasteiger partial charge in [-0.15, -0.1) is 0 Å². The Kier molecular flexibility index (Phi) is 6.09. The second-order valence-corrected chi connectivity index (χ2v) is 8.39. The lowest BCUT2D eigenvalue weighted by Gasteiger charge is -2.19. The molecule has 0 spiro atoms.